The van der Waals surface area contributed by atoms with Crippen LogP contribution in [0.4, 0.5) is 20.3 Å². The van der Waals surface area contributed by atoms with Crippen molar-refractivity contribution < 1.29 is 22.0 Å². The van der Waals surface area contributed by atoms with Crippen LogP contribution in [0.15, 0.2) is 30.6 Å². The van der Waals surface area contributed by atoms with Gasteiger partial charge in [-0.3, -0.25) is 4.79 Å². The Balaban J connectivity index is 1.29. The van der Waals surface area contributed by atoms with E-state index >= 15 is 0 Å². The summed E-state index contributed by atoms with van der Waals surface area (Å²) in [6.07, 6.45) is 6.47. The average molecular weight is 579 g/mol. The number of sulfone groups is 1. The highest BCUT2D eigenvalue weighted by atomic mass is 35.5. The molecule has 0 unspecified atom stereocenters. The van der Waals surface area contributed by atoms with Gasteiger partial charge in [-0.25, -0.2) is 31.7 Å². The molecule has 2 fully saturated rings. The molecule has 2 aliphatic heterocycles. The Kier molecular flexibility index (Phi) is 6.14. The molecule has 3 aliphatic rings. The number of nitrogens with zero attached hydrogens (tertiary/aromatic N) is 6. The number of anilines is 2. The Bertz CT molecular complexity index is 1540. The largest absolute Gasteiger partial charge is 0.332 e. The summed E-state index contributed by atoms with van der Waals surface area (Å²) in [6.45, 7) is 1.47. The van der Waals surface area contributed by atoms with Gasteiger partial charge in [0.1, 0.15) is 21.7 Å². The van der Waals surface area contributed by atoms with Gasteiger partial charge in [-0.15, -0.1) is 0 Å². The van der Waals surface area contributed by atoms with Gasteiger partial charge in [-0.05, 0) is 43.7 Å². The molecule has 0 bridgehead atoms. The molecule has 1 spiro atoms. The maximum Gasteiger partial charge on any atom is 0.269 e. The molecule has 3 aromatic rings. The molecular formula is C26H29ClF2N6O3S. The van der Waals surface area contributed by atoms with Crippen molar-refractivity contribution in [2.24, 2.45) is 5.92 Å². The standard InChI is InChI=1S/C26H29ClF2N6O3S/c1-25(28,29)22(33(2)24(36)16-5-11-39(37,38)12-6-16)17-3-4-20(30-14-17)34-10-9-26(7-8-26)23-18(34)15-31-21-13-19(27)32-35(21)23/h3-4,13-16,22H,5-12H2,1-2H3/t22-/m0/s1. The number of amides is 1. The topological polar surface area (TPSA) is 101 Å². The van der Waals surface area contributed by atoms with Crippen LogP contribution in [-0.2, 0) is 20.0 Å². The summed E-state index contributed by atoms with van der Waals surface area (Å²) in [5.74, 6) is -3.96. The van der Waals surface area contributed by atoms with E-state index in [1.165, 1.54) is 13.2 Å². The monoisotopic (exact) mass is 578 g/mol. The Morgan fingerprint density at radius 1 is 1.18 bits per heavy atom. The summed E-state index contributed by atoms with van der Waals surface area (Å²) in [6, 6.07) is 3.45. The zero-order valence-electron chi connectivity index (χ0n) is 21.6. The van der Waals surface area contributed by atoms with Gasteiger partial charge >= 0.3 is 0 Å². The molecule has 1 aliphatic carbocycles. The van der Waals surface area contributed by atoms with E-state index in [2.05, 4.69) is 15.1 Å². The first-order valence-corrected chi connectivity index (χ1v) is 15.2. The summed E-state index contributed by atoms with van der Waals surface area (Å²) in [7, 11) is -1.83. The summed E-state index contributed by atoms with van der Waals surface area (Å²) < 4.78 is 55.2. The molecule has 6 rings (SSSR count). The van der Waals surface area contributed by atoms with Crippen LogP contribution in [0.3, 0.4) is 0 Å². The Hall–Kier alpha value is -2.86. The van der Waals surface area contributed by atoms with Gasteiger partial charge in [0, 0.05) is 44.1 Å². The highest BCUT2D eigenvalue weighted by Crippen LogP contribution is 2.57. The highest BCUT2D eigenvalue weighted by molar-refractivity contribution is 7.91. The van der Waals surface area contributed by atoms with Crippen molar-refractivity contribution in [3.63, 3.8) is 0 Å². The number of halogens is 3. The van der Waals surface area contributed by atoms with Crippen LogP contribution in [0.5, 0.6) is 0 Å². The van der Waals surface area contributed by atoms with Crippen molar-refractivity contribution in [1.29, 1.82) is 0 Å². The number of fused-ring (bicyclic) bond motifs is 4. The van der Waals surface area contributed by atoms with E-state index < -0.39 is 33.6 Å². The smallest absolute Gasteiger partial charge is 0.269 e. The minimum absolute atomic E-state index is 0.0270. The predicted octanol–water partition coefficient (Wildman–Crippen LogP) is 4.33. The minimum atomic E-state index is -3.25. The van der Waals surface area contributed by atoms with E-state index in [1.54, 1.807) is 28.9 Å². The first-order valence-electron chi connectivity index (χ1n) is 13.0. The molecule has 0 aromatic carbocycles. The lowest BCUT2D eigenvalue weighted by Crippen LogP contribution is -2.44. The van der Waals surface area contributed by atoms with Gasteiger partial charge in [-0.2, -0.15) is 5.10 Å². The molecule has 1 atom stereocenters. The molecule has 9 nitrogen and oxygen atoms in total. The van der Waals surface area contributed by atoms with Gasteiger partial charge in [0.25, 0.3) is 5.92 Å². The van der Waals surface area contributed by atoms with Crippen LogP contribution in [0.2, 0.25) is 5.15 Å². The van der Waals surface area contributed by atoms with Crippen molar-refractivity contribution in [3.05, 3.63) is 47.0 Å². The molecule has 5 heterocycles. The molecule has 1 saturated carbocycles. The van der Waals surface area contributed by atoms with Crippen LogP contribution in [-0.4, -0.2) is 69.8 Å². The second kappa shape index (κ2) is 9.09. The molecule has 39 heavy (non-hydrogen) atoms. The Labute approximate surface area is 230 Å². The number of aromatic nitrogens is 4. The van der Waals surface area contributed by atoms with Gasteiger partial charge in [0.2, 0.25) is 5.91 Å². The number of pyridine rings is 1. The lowest BCUT2D eigenvalue weighted by atomic mass is 9.91. The number of hydrogen-bond acceptors (Lipinski definition) is 7. The molecule has 0 radical (unpaired) electrons. The van der Waals surface area contributed by atoms with Gasteiger partial charge in [0.05, 0.1) is 29.1 Å². The molecule has 1 saturated heterocycles. The zero-order chi connectivity index (χ0) is 27.7. The van der Waals surface area contributed by atoms with E-state index in [1.807, 2.05) is 4.90 Å². The SMILES string of the molecule is CN(C(=O)C1CCS(=O)(=O)CC1)[C@@H](c1ccc(N2CCC3(CC3)c3c2cnc2cc(Cl)nn32)nc1)C(C)(F)F. The van der Waals surface area contributed by atoms with E-state index in [4.69, 9.17) is 11.6 Å². The number of hydrogen-bond donors (Lipinski definition) is 0. The van der Waals surface area contributed by atoms with Crippen LogP contribution in [0.1, 0.15) is 56.3 Å². The number of carbonyl (C=O) groups excluding carboxylic acids is 1. The van der Waals surface area contributed by atoms with E-state index in [9.17, 15) is 22.0 Å². The van der Waals surface area contributed by atoms with E-state index in [-0.39, 0.29) is 35.3 Å². The third kappa shape index (κ3) is 4.65. The summed E-state index contributed by atoms with van der Waals surface area (Å²) in [5, 5.41) is 4.82. The van der Waals surface area contributed by atoms with E-state index in [0.29, 0.717) is 23.2 Å². The molecule has 1 amide bonds. The summed E-state index contributed by atoms with van der Waals surface area (Å²) in [5.41, 5.74) is 2.80. The van der Waals surface area contributed by atoms with Gasteiger partial charge < -0.3 is 9.80 Å². The van der Waals surface area contributed by atoms with Gasteiger partial charge in [0.15, 0.2) is 10.8 Å². The number of carbonyl (C=O) groups is 1. The first-order chi connectivity index (χ1) is 18.4. The molecule has 0 N–H and O–H groups in total. The van der Waals surface area contributed by atoms with Crippen molar-refractivity contribution in [3.8, 4) is 0 Å². The fourth-order valence-electron chi connectivity index (χ4n) is 6.16. The van der Waals surface area contributed by atoms with Crippen LogP contribution < -0.4 is 4.90 Å². The molecule has 13 heteroatoms. The van der Waals surface area contributed by atoms with E-state index in [0.717, 1.165) is 42.5 Å². The quantitative estimate of drug-likeness (QED) is 0.444. The second-order valence-electron chi connectivity index (χ2n) is 11.1. The number of alkyl halides is 2. The van der Waals surface area contributed by atoms with Crippen molar-refractivity contribution >= 4 is 44.5 Å². The summed E-state index contributed by atoms with van der Waals surface area (Å²) in [4.78, 5) is 25.3. The van der Waals surface area contributed by atoms with Gasteiger partial charge in [-0.1, -0.05) is 17.7 Å². The molecule has 3 aromatic heterocycles. The fourth-order valence-corrected chi connectivity index (χ4v) is 7.82. The molecular weight excluding hydrogens is 550 g/mol. The lowest BCUT2D eigenvalue weighted by Gasteiger charge is -2.36. The van der Waals surface area contributed by atoms with Crippen molar-refractivity contribution in [1.82, 2.24) is 24.5 Å². The van der Waals surface area contributed by atoms with Crippen molar-refractivity contribution in [2.45, 2.75) is 56.4 Å². The Morgan fingerprint density at radius 3 is 2.51 bits per heavy atom. The van der Waals surface area contributed by atoms with Crippen LogP contribution in [0.25, 0.3) is 5.65 Å². The third-order valence-electron chi connectivity index (χ3n) is 8.38. The third-order valence-corrected chi connectivity index (χ3v) is 10.3. The summed E-state index contributed by atoms with van der Waals surface area (Å²) >= 11 is 6.17. The van der Waals surface area contributed by atoms with Crippen LogP contribution >= 0.6 is 11.6 Å². The second-order valence-corrected chi connectivity index (χ2v) is 13.8. The normalized spacial score (nSPS) is 21.1. The zero-order valence-corrected chi connectivity index (χ0v) is 23.2. The minimum Gasteiger partial charge on any atom is -0.332 e. The highest BCUT2D eigenvalue weighted by Gasteiger charge is 2.51. The first kappa shape index (κ1) is 26.4. The maximum atomic E-state index is 14.9. The fraction of sp³-hybridized carbons (Fsp3) is 0.538. The average Bonchev–Trinajstić information content (AvgIpc) is 3.53. The Morgan fingerprint density at radius 2 is 1.90 bits per heavy atom. The van der Waals surface area contributed by atoms with Crippen molar-refractivity contribution in [2.75, 3.05) is 30.0 Å². The van der Waals surface area contributed by atoms with Crippen LogP contribution in [0, 0.1) is 5.92 Å². The maximum absolute atomic E-state index is 14.9. The number of rotatable bonds is 5. The molecule has 208 valence electrons. The lowest BCUT2D eigenvalue weighted by molar-refractivity contribution is -0.146. The predicted molar refractivity (Wildman–Crippen MR) is 142 cm³/mol.